The quantitative estimate of drug-likeness (QED) is 0.311. The van der Waals surface area contributed by atoms with Crippen molar-refractivity contribution in [2.45, 2.75) is 53.9 Å². The first-order valence-corrected chi connectivity index (χ1v) is 9.55. The van der Waals surface area contributed by atoms with Crippen molar-refractivity contribution in [1.82, 2.24) is 30.0 Å². The number of nitrogens with zero attached hydrogens (tertiary/aromatic N) is 12. The van der Waals surface area contributed by atoms with Crippen molar-refractivity contribution >= 4 is 0 Å². The van der Waals surface area contributed by atoms with Crippen LogP contribution in [0.15, 0.2) is 22.6 Å². The van der Waals surface area contributed by atoms with Gasteiger partial charge in [-0.25, -0.2) is 0 Å². The van der Waals surface area contributed by atoms with Gasteiger partial charge in [-0.3, -0.25) is 9.36 Å². The molecular formula is C18H34N12. The fourth-order valence-electron chi connectivity index (χ4n) is 1.24. The third-order valence-electron chi connectivity index (χ3n) is 2.64. The number of hydrogen-bond donors (Lipinski definition) is 0. The van der Waals surface area contributed by atoms with E-state index in [0.717, 1.165) is 30.7 Å². The van der Waals surface area contributed by atoms with Crippen LogP contribution < -0.4 is 0 Å². The standard InChI is InChI=1S/2C5H9N3.C4H6.2C2H5N3/c2*1-3-5-4-8(2)7-6-5;1-3-4-2;2*1-2-4-5-3/h2*4H,3H2,1-2H3;1H,4H2,2H3;2*2H2,1H3. The lowest BCUT2D eigenvalue weighted by molar-refractivity contribution is 0.713. The van der Waals surface area contributed by atoms with Gasteiger partial charge >= 0.3 is 0 Å². The highest BCUT2D eigenvalue weighted by Gasteiger charge is 1.90. The smallest absolute Gasteiger partial charge is 0.0824 e. The van der Waals surface area contributed by atoms with Crippen LogP contribution in [0.2, 0.25) is 0 Å². The van der Waals surface area contributed by atoms with Gasteiger partial charge in [0.2, 0.25) is 0 Å². The summed E-state index contributed by atoms with van der Waals surface area (Å²) in [7, 11) is 3.73. The Kier molecular flexibility index (Phi) is 26.4. The van der Waals surface area contributed by atoms with E-state index in [0.29, 0.717) is 13.1 Å². The fourth-order valence-corrected chi connectivity index (χ4v) is 1.24. The number of hydrogen-bond acceptors (Lipinski definition) is 6. The molecule has 2 rings (SSSR count). The number of terminal acetylenes is 1. The van der Waals surface area contributed by atoms with Gasteiger partial charge in [-0.15, -0.1) is 22.5 Å². The summed E-state index contributed by atoms with van der Waals surface area (Å²) >= 11 is 0. The van der Waals surface area contributed by atoms with E-state index in [1.807, 2.05) is 33.4 Å². The van der Waals surface area contributed by atoms with Crippen LogP contribution in [0.5, 0.6) is 0 Å². The predicted molar refractivity (Wildman–Crippen MR) is 119 cm³/mol. The minimum Gasteiger partial charge on any atom is -0.255 e. The molecule has 0 aliphatic rings. The summed E-state index contributed by atoms with van der Waals surface area (Å²) < 4.78 is 3.41. The summed E-state index contributed by atoms with van der Waals surface area (Å²) in [4.78, 5) is 4.96. The molecule has 0 radical (unpaired) electrons. The molecule has 2 aromatic heterocycles. The Morgan fingerprint density at radius 3 is 1.27 bits per heavy atom. The van der Waals surface area contributed by atoms with Gasteiger partial charge in [0, 0.05) is 55.8 Å². The highest BCUT2D eigenvalue weighted by Crippen LogP contribution is 1.89. The van der Waals surface area contributed by atoms with Crippen LogP contribution in [-0.4, -0.2) is 43.1 Å². The van der Waals surface area contributed by atoms with Crippen molar-refractivity contribution in [1.29, 1.82) is 0 Å². The van der Waals surface area contributed by atoms with Crippen LogP contribution in [0.3, 0.4) is 0 Å². The van der Waals surface area contributed by atoms with E-state index in [1.165, 1.54) is 0 Å². The van der Waals surface area contributed by atoms with Gasteiger partial charge in [0.1, 0.15) is 0 Å². The Balaban J connectivity index is -0.000000314. The van der Waals surface area contributed by atoms with Crippen molar-refractivity contribution in [3.05, 3.63) is 44.7 Å². The van der Waals surface area contributed by atoms with Crippen LogP contribution in [-0.2, 0) is 26.9 Å². The van der Waals surface area contributed by atoms with Gasteiger partial charge in [-0.2, -0.15) is 0 Å². The van der Waals surface area contributed by atoms with Crippen molar-refractivity contribution in [2.75, 3.05) is 13.1 Å². The Morgan fingerprint density at radius 2 is 1.20 bits per heavy atom. The molecule has 0 N–H and O–H groups in total. The van der Waals surface area contributed by atoms with Crippen LogP contribution in [0.25, 0.3) is 20.9 Å². The maximum absolute atomic E-state index is 7.52. The van der Waals surface area contributed by atoms with Gasteiger partial charge in [-0.05, 0) is 23.9 Å². The largest absolute Gasteiger partial charge is 0.255 e. The van der Waals surface area contributed by atoms with E-state index >= 15 is 0 Å². The molecule has 166 valence electrons. The number of rotatable bonds is 4. The number of aromatic nitrogens is 6. The summed E-state index contributed by atoms with van der Waals surface area (Å²) in [5.41, 5.74) is 17.1. The maximum atomic E-state index is 7.52. The molecule has 0 aromatic carbocycles. The first-order chi connectivity index (χ1) is 14.4. The molecule has 12 nitrogen and oxygen atoms in total. The van der Waals surface area contributed by atoms with Crippen molar-refractivity contribution < 1.29 is 0 Å². The summed E-state index contributed by atoms with van der Waals surface area (Å²) in [6.45, 7) is 10.8. The first-order valence-electron chi connectivity index (χ1n) is 9.55. The number of aryl methyl sites for hydroxylation is 4. The second-order valence-electron chi connectivity index (χ2n) is 5.13. The third kappa shape index (κ3) is 24.5. The van der Waals surface area contributed by atoms with Crippen LogP contribution in [0.1, 0.15) is 52.4 Å². The SMILES string of the molecule is C#CCC.CCN=[N+]=[N-].CCN=[N+]=[N-].CCc1cn(C)nn1.CCc1cn(C)nn1. The van der Waals surface area contributed by atoms with Gasteiger partial charge in [0.05, 0.1) is 11.4 Å². The molecule has 0 unspecified atom stereocenters. The molecule has 0 saturated heterocycles. The lowest BCUT2D eigenvalue weighted by Gasteiger charge is -1.78. The van der Waals surface area contributed by atoms with Crippen molar-refractivity contribution in [3.8, 4) is 12.3 Å². The zero-order valence-corrected chi connectivity index (χ0v) is 19.1. The van der Waals surface area contributed by atoms with E-state index in [2.05, 4.69) is 60.4 Å². The highest BCUT2D eigenvalue weighted by atomic mass is 15.4. The molecule has 12 heteroatoms. The molecule has 0 aliphatic heterocycles. The predicted octanol–water partition coefficient (Wildman–Crippen LogP) is 4.42. The second-order valence-corrected chi connectivity index (χ2v) is 5.13. The first kappa shape index (κ1) is 31.2. The van der Waals surface area contributed by atoms with Crippen LogP contribution in [0, 0.1) is 12.3 Å². The Labute approximate surface area is 178 Å². The monoisotopic (exact) mass is 418 g/mol. The topological polar surface area (TPSA) is 159 Å². The Bertz CT molecular complexity index is 700. The van der Waals surface area contributed by atoms with Gasteiger partial charge in [0.25, 0.3) is 0 Å². The molecule has 2 aromatic rings. The summed E-state index contributed by atoms with van der Waals surface area (Å²) in [5.74, 6) is 2.43. The molecule has 0 atom stereocenters. The molecule has 0 saturated carbocycles. The van der Waals surface area contributed by atoms with Crippen LogP contribution >= 0.6 is 0 Å². The third-order valence-corrected chi connectivity index (χ3v) is 2.64. The lowest BCUT2D eigenvalue weighted by atomic mass is 10.4. The summed E-state index contributed by atoms with van der Waals surface area (Å²) in [5, 5.41) is 21.5. The molecule has 0 fully saturated rings. The number of azide groups is 2. The zero-order valence-electron chi connectivity index (χ0n) is 19.1. The second kappa shape index (κ2) is 25.5. The van der Waals surface area contributed by atoms with Gasteiger partial charge in [-0.1, -0.05) is 55.3 Å². The summed E-state index contributed by atoms with van der Waals surface area (Å²) in [6, 6.07) is 0. The molecule has 2 heterocycles. The molecule has 0 spiro atoms. The molecule has 0 aliphatic carbocycles. The van der Waals surface area contributed by atoms with Crippen LogP contribution in [0.4, 0.5) is 0 Å². The van der Waals surface area contributed by atoms with E-state index in [4.69, 9.17) is 17.5 Å². The zero-order chi connectivity index (χ0) is 23.6. The fraction of sp³-hybridized carbons (Fsp3) is 0.667. The van der Waals surface area contributed by atoms with Gasteiger partial charge in [0.15, 0.2) is 0 Å². The average molecular weight is 419 g/mol. The molecule has 0 amide bonds. The Morgan fingerprint density at radius 1 is 0.867 bits per heavy atom. The molecule has 30 heavy (non-hydrogen) atoms. The van der Waals surface area contributed by atoms with Gasteiger partial charge < -0.3 is 0 Å². The van der Waals surface area contributed by atoms with Crippen molar-refractivity contribution in [3.63, 3.8) is 0 Å². The molecular weight excluding hydrogens is 384 g/mol. The minimum absolute atomic E-state index is 0.552. The van der Waals surface area contributed by atoms with Crippen molar-refractivity contribution in [2.24, 2.45) is 24.3 Å². The highest BCUT2D eigenvalue weighted by molar-refractivity contribution is 4.90. The lowest BCUT2D eigenvalue weighted by Crippen LogP contribution is -1.85. The molecule has 0 bridgehead atoms. The van der Waals surface area contributed by atoms with E-state index in [1.54, 1.807) is 23.2 Å². The van der Waals surface area contributed by atoms with E-state index in [-0.39, 0.29) is 0 Å². The van der Waals surface area contributed by atoms with E-state index < -0.39 is 0 Å². The maximum Gasteiger partial charge on any atom is 0.0824 e. The average Bonchev–Trinajstić information content (AvgIpc) is 3.38. The normalized spacial score (nSPS) is 7.80. The Hall–Kier alpha value is -3.54. The summed E-state index contributed by atoms with van der Waals surface area (Å²) in [6.07, 6.45) is 11.4. The minimum atomic E-state index is 0.552. The van der Waals surface area contributed by atoms with E-state index in [9.17, 15) is 0 Å².